The normalized spacial score (nSPS) is 20.3. The molecule has 0 saturated heterocycles. The highest BCUT2D eigenvalue weighted by Gasteiger charge is 2.28. The molecule has 2 aromatic carbocycles. The minimum Gasteiger partial charge on any atom is -0.282 e. The van der Waals surface area contributed by atoms with Gasteiger partial charge in [0.2, 0.25) is 0 Å². The maximum atomic E-state index is 4.28. The highest BCUT2D eigenvalue weighted by atomic mass is 15.5. The molecule has 19 heavy (non-hydrogen) atoms. The van der Waals surface area contributed by atoms with Crippen LogP contribution in [-0.2, 0) is 0 Å². The summed E-state index contributed by atoms with van der Waals surface area (Å²) < 4.78 is 0. The van der Waals surface area contributed by atoms with Crippen LogP contribution in [0.15, 0.2) is 71.0 Å². The van der Waals surface area contributed by atoms with E-state index >= 15 is 0 Å². The van der Waals surface area contributed by atoms with Crippen molar-refractivity contribution >= 4 is 0 Å². The molecule has 3 heteroatoms. The predicted octanol–water partition coefficient (Wildman–Crippen LogP) is 4.47. The maximum Gasteiger partial charge on any atom is 0.124 e. The fourth-order valence-electron chi connectivity index (χ4n) is 2.12. The topological polar surface area (TPSA) is 36.8 Å². The van der Waals surface area contributed by atoms with Crippen molar-refractivity contribution in [3.63, 3.8) is 0 Å². The van der Waals surface area contributed by atoms with Crippen LogP contribution in [0.4, 0.5) is 0 Å². The molecule has 0 aliphatic carbocycles. The number of hydrogen-bond acceptors (Lipinski definition) is 3. The zero-order valence-corrected chi connectivity index (χ0v) is 11.3. The Morgan fingerprint density at radius 3 is 1.89 bits per heavy atom. The van der Waals surface area contributed by atoms with E-state index in [0.717, 1.165) is 0 Å². The highest BCUT2D eigenvalue weighted by molar-refractivity contribution is 5.28. The number of nitrogens with one attached hydrogen (secondary N) is 1. The van der Waals surface area contributed by atoms with Crippen molar-refractivity contribution in [1.29, 1.82) is 0 Å². The quantitative estimate of drug-likeness (QED) is 0.842. The van der Waals surface area contributed by atoms with Gasteiger partial charge in [0, 0.05) is 0 Å². The highest BCUT2D eigenvalue weighted by Crippen LogP contribution is 2.35. The van der Waals surface area contributed by atoms with E-state index in [9.17, 15) is 0 Å². The van der Waals surface area contributed by atoms with Gasteiger partial charge in [-0.05, 0) is 11.1 Å². The summed E-state index contributed by atoms with van der Waals surface area (Å²) in [7, 11) is 0. The number of hydrogen-bond donors (Lipinski definition) is 1. The van der Waals surface area contributed by atoms with Gasteiger partial charge < -0.3 is 0 Å². The van der Waals surface area contributed by atoms with Gasteiger partial charge in [0.15, 0.2) is 0 Å². The number of rotatable bonds is 2. The third-order valence-electron chi connectivity index (χ3n) is 2.99. The van der Waals surface area contributed by atoms with Crippen molar-refractivity contribution in [3.8, 4) is 0 Å². The lowest BCUT2D eigenvalue weighted by molar-refractivity contribution is 0.551. The van der Waals surface area contributed by atoms with Crippen molar-refractivity contribution in [2.24, 2.45) is 10.3 Å². The molecule has 3 nitrogen and oxygen atoms in total. The monoisotopic (exact) mass is 253 g/mol. The standard InChI is InChI=1S/C14H13N3.C2H6/c1-3-7-11(8-4-1)13-14(16-17-15-13)12-9-5-2-6-10-12;1-2/h1-10,13-14H,(H,15,16);1-2H3. The fraction of sp³-hybridized carbons (Fsp3) is 0.250. The molecule has 0 fully saturated rings. The lowest BCUT2D eigenvalue weighted by Crippen LogP contribution is -2.16. The van der Waals surface area contributed by atoms with Crippen molar-refractivity contribution in [2.75, 3.05) is 0 Å². The van der Waals surface area contributed by atoms with Crippen LogP contribution in [0.3, 0.4) is 0 Å². The van der Waals surface area contributed by atoms with E-state index < -0.39 is 0 Å². The van der Waals surface area contributed by atoms with Gasteiger partial charge in [0.05, 0.1) is 6.04 Å². The largest absolute Gasteiger partial charge is 0.282 e. The summed E-state index contributed by atoms with van der Waals surface area (Å²) in [5.74, 6) is 0. The van der Waals surface area contributed by atoms with Gasteiger partial charge >= 0.3 is 0 Å². The van der Waals surface area contributed by atoms with Crippen molar-refractivity contribution in [1.82, 2.24) is 5.43 Å². The molecule has 1 aliphatic rings. The van der Waals surface area contributed by atoms with Crippen LogP contribution in [0.25, 0.3) is 0 Å². The Balaban J connectivity index is 0.000000637. The lowest BCUT2D eigenvalue weighted by atomic mass is 9.95. The minimum atomic E-state index is 0.0681. The number of benzene rings is 2. The molecule has 1 N–H and O–H groups in total. The lowest BCUT2D eigenvalue weighted by Gasteiger charge is -2.16. The summed E-state index contributed by atoms with van der Waals surface area (Å²) >= 11 is 0. The second kappa shape index (κ2) is 6.69. The molecule has 0 aromatic heterocycles. The summed E-state index contributed by atoms with van der Waals surface area (Å²) in [4.78, 5) is 0. The van der Waals surface area contributed by atoms with Gasteiger partial charge in [-0.2, -0.15) is 5.11 Å². The molecule has 0 spiro atoms. The number of nitrogens with zero attached hydrogens (tertiary/aromatic N) is 2. The van der Waals surface area contributed by atoms with Gasteiger partial charge in [0.25, 0.3) is 0 Å². The van der Waals surface area contributed by atoms with Crippen molar-refractivity contribution < 1.29 is 0 Å². The van der Waals surface area contributed by atoms with E-state index in [2.05, 4.69) is 40.0 Å². The fourth-order valence-corrected chi connectivity index (χ4v) is 2.12. The van der Waals surface area contributed by atoms with Gasteiger partial charge in [-0.3, -0.25) is 5.43 Å². The molecule has 3 rings (SSSR count). The molecule has 1 heterocycles. The van der Waals surface area contributed by atoms with Crippen LogP contribution in [0.1, 0.15) is 37.1 Å². The Labute approximate surface area is 114 Å². The Kier molecular flexibility index (Phi) is 4.67. The van der Waals surface area contributed by atoms with Crippen LogP contribution in [-0.4, -0.2) is 0 Å². The van der Waals surface area contributed by atoms with E-state index in [0.29, 0.717) is 0 Å². The minimum absolute atomic E-state index is 0.0681. The third kappa shape index (κ3) is 2.99. The Hall–Kier alpha value is -2.16. The maximum absolute atomic E-state index is 4.28. The van der Waals surface area contributed by atoms with Crippen LogP contribution in [0, 0.1) is 0 Å². The van der Waals surface area contributed by atoms with E-state index in [4.69, 9.17) is 0 Å². The molecule has 2 aromatic rings. The summed E-state index contributed by atoms with van der Waals surface area (Å²) in [5.41, 5.74) is 5.48. The zero-order chi connectivity index (χ0) is 13.5. The van der Waals surface area contributed by atoms with Gasteiger partial charge in [-0.15, -0.1) is 0 Å². The predicted molar refractivity (Wildman–Crippen MR) is 77.7 cm³/mol. The first-order valence-corrected chi connectivity index (χ1v) is 6.70. The summed E-state index contributed by atoms with van der Waals surface area (Å²) in [6.45, 7) is 4.00. The Bertz CT molecular complexity index is 508. The molecule has 0 amide bonds. The van der Waals surface area contributed by atoms with Crippen LogP contribution in [0.5, 0.6) is 0 Å². The average molecular weight is 253 g/mol. The first-order valence-electron chi connectivity index (χ1n) is 6.70. The molecular formula is C16H19N3. The van der Waals surface area contributed by atoms with E-state index in [1.165, 1.54) is 11.1 Å². The molecule has 1 aliphatic heterocycles. The van der Waals surface area contributed by atoms with Gasteiger partial charge in [-0.1, -0.05) is 79.7 Å². The van der Waals surface area contributed by atoms with Crippen molar-refractivity contribution in [3.05, 3.63) is 71.8 Å². The summed E-state index contributed by atoms with van der Waals surface area (Å²) in [6.07, 6.45) is 0. The molecular weight excluding hydrogens is 234 g/mol. The smallest absolute Gasteiger partial charge is 0.124 e. The molecule has 0 radical (unpaired) electrons. The SMILES string of the molecule is CC.c1ccc(C2N=NNC2c2ccccc2)cc1. The second-order valence-electron chi connectivity index (χ2n) is 4.09. The van der Waals surface area contributed by atoms with Gasteiger partial charge in [0.1, 0.15) is 6.04 Å². The summed E-state index contributed by atoms with van der Waals surface area (Å²) in [6, 6.07) is 20.8. The molecule has 2 unspecified atom stereocenters. The van der Waals surface area contributed by atoms with Crippen LogP contribution in [0.2, 0.25) is 0 Å². The zero-order valence-electron chi connectivity index (χ0n) is 11.3. The average Bonchev–Trinajstić information content (AvgIpc) is 3.01. The molecule has 98 valence electrons. The Morgan fingerprint density at radius 2 is 1.32 bits per heavy atom. The first kappa shape index (κ1) is 13.3. The molecule has 2 atom stereocenters. The summed E-state index contributed by atoms with van der Waals surface area (Å²) in [5, 5.41) is 8.25. The van der Waals surface area contributed by atoms with Crippen molar-refractivity contribution in [2.45, 2.75) is 25.9 Å². The third-order valence-corrected chi connectivity index (χ3v) is 2.99. The van der Waals surface area contributed by atoms with E-state index in [-0.39, 0.29) is 12.1 Å². The first-order chi connectivity index (χ1) is 9.45. The van der Waals surface area contributed by atoms with E-state index in [1.54, 1.807) is 0 Å². The van der Waals surface area contributed by atoms with Gasteiger partial charge in [-0.25, -0.2) is 0 Å². The molecule has 0 bridgehead atoms. The Morgan fingerprint density at radius 1 is 0.789 bits per heavy atom. The van der Waals surface area contributed by atoms with E-state index in [1.807, 2.05) is 50.2 Å². The second-order valence-corrected chi connectivity index (χ2v) is 4.09. The molecule has 0 saturated carbocycles. The van der Waals surface area contributed by atoms with Crippen LogP contribution < -0.4 is 5.43 Å². The van der Waals surface area contributed by atoms with Crippen LogP contribution >= 0.6 is 0 Å².